The lowest BCUT2D eigenvalue weighted by atomic mass is 9.76. The molecule has 4 rings (SSSR count). The van der Waals surface area contributed by atoms with Gasteiger partial charge in [0.15, 0.2) is 0 Å². The molecule has 1 aliphatic heterocycles. The normalized spacial score (nSPS) is 15.8. The minimum absolute atomic E-state index is 0.0199. The van der Waals surface area contributed by atoms with Gasteiger partial charge in [0.25, 0.3) is 5.91 Å². The van der Waals surface area contributed by atoms with Crippen LogP contribution in [0.3, 0.4) is 0 Å². The predicted molar refractivity (Wildman–Crippen MR) is 172 cm³/mol. The second-order valence-corrected chi connectivity index (χ2v) is 12.3. The molecule has 45 heavy (non-hydrogen) atoms. The molecule has 1 heterocycles. The third kappa shape index (κ3) is 9.92. The van der Waals surface area contributed by atoms with E-state index < -0.39 is 11.7 Å². The standard InChI is InChI=1S/C37H45F3N2O3/c1-3-4-10-26-45-34(43)27-36(2,29-12-6-5-7-13-29)22-11-23-42-24-20-31(21-25-42)41-35(44)33-15-9-8-14-32(33)28-16-18-30(19-17-28)37(38,39)40/h5-9,12-19,31H,3-4,10-11,20-27H2,1-2H3,(H,41,44). The van der Waals surface area contributed by atoms with Gasteiger partial charge in [-0.25, -0.2) is 0 Å². The number of likely N-dealkylation sites (tertiary alicyclic amines) is 1. The molecule has 5 nitrogen and oxygen atoms in total. The lowest BCUT2D eigenvalue weighted by Crippen LogP contribution is -2.45. The molecule has 3 aromatic rings. The third-order valence-corrected chi connectivity index (χ3v) is 8.84. The number of carbonyl (C=O) groups excluding carboxylic acids is 2. The van der Waals surface area contributed by atoms with Crippen LogP contribution in [-0.4, -0.2) is 49.1 Å². The van der Waals surface area contributed by atoms with E-state index in [1.165, 1.54) is 12.1 Å². The number of rotatable bonds is 14. The first-order valence-electron chi connectivity index (χ1n) is 16.1. The summed E-state index contributed by atoms with van der Waals surface area (Å²) in [6.07, 6.45) is 2.40. The minimum Gasteiger partial charge on any atom is -0.466 e. The molecule has 1 atom stereocenters. The number of amides is 1. The summed E-state index contributed by atoms with van der Waals surface area (Å²) < 4.78 is 44.6. The zero-order chi connectivity index (χ0) is 32.3. The number of benzene rings is 3. The SMILES string of the molecule is CCCCCOC(=O)CC(C)(CCCN1CCC(NC(=O)c2ccccc2-c2ccc(C(F)(F)F)cc2)CC1)c1ccccc1. The molecule has 0 bridgehead atoms. The van der Waals surface area contributed by atoms with Gasteiger partial charge in [0.2, 0.25) is 0 Å². The van der Waals surface area contributed by atoms with Gasteiger partial charge in [0.05, 0.1) is 18.6 Å². The Morgan fingerprint density at radius 1 is 0.867 bits per heavy atom. The first-order chi connectivity index (χ1) is 21.6. The Morgan fingerprint density at radius 2 is 1.53 bits per heavy atom. The van der Waals surface area contributed by atoms with Gasteiger partial charge in [0, 0.05) is 30.1 Å². The molecule has 0 saturated carbocycles. The summed E-state index contributed by atoms with van der Waals surface area (Å²) in [5, 5.41) is 3.15. The molecule has 1 saturated heterocycles. The van der Waals surface area contributed by atoms with Crippen molar-refractivity contribution in [2.45, 2.75) is 82.8 Å². The van der Waals surface area contributed by atoms with Crippen molar-refractivity contribution in [3.8, 4) is 11.1 Å². The fraction of sp³-hybridized carbons (Fsp3) is 0.459. The number of nitrogens with zero attached hydrogens (tertiary/aromatic N) is 1. The van der Waals surface area contributed by atoms with Crippen molar-refractivity contribution < 1.29 is 27.5 Å². The van der Waals surface area contributed by atoms with E-state index >= 15 is 0 Å². The van der Waals surface area contributed by atoms with Crippen LogP contribution >= 0.6 is 0 Å². The van der Waals surface area contributed by atoms with E-state index in [0.29, 0.717) is 29.7 Å². The summed E-state index contributed by atoms with van der Waals surface area (Å²) in [6.45, 7) is 7.37. The average molecular weight is 623 g/mol. The van der Waals surface area contributed by atoms with Gasteiger partial charge in [-0.05, 0) is 73.5 Å². The molecule has 0 radical (unpaired) electrons. The van der Waals surface area contributed by atoms with Gasteiger partial charge in [-0.1, -0.05) is 87.4 Å². The Hall–Kier alpha value is -3.65. The summed E-state index contributed by atoms with van der Waals surface area (Å²) in [5.41, 5.74) is 1.74. The van der Waals surface area contributed by atoms with Crippen molar-refractivity contribution in [1.82, 2.24) is 10.2 Å². The Balaban J connectivity index is 1.28. The molecule has 1 aliphatic rings. The minimum atomic E-state index is -4.41. The number of esters is 1. The smallest absolute Gasteiger partial charge is 0.416 e. The first kappa shape index (κ1) is 34.2. The molecule has 3 aromatic carbocycles. The van der Waals surface area contributed by atoms with Crippen LogP contribution < -0.4 is 5.32 Å². The topological polar surface area (TPSA) is 58.6 Å². The van der Waals surface area contributed by atoms with Crippen LogP contribution in [-0.2, 0) is 21.1 Å². The highest BCUT2D eigenvalue weighted by Gasteiger charge is 2.32. The number of piperidine rings is 1. The number of halogens is 3. The third-order valence-electron chi connectivity index (χ3n) is 8.84. The number of nitrogens with one attached hydrogen (secondary N) is 1. The zero-order valence-corrected chi connectivity index (χ0v) is 26.4. The van der Waals surface area contributed by atoms with Gasteiger partial charge >= 0.3 is 12.1 Å². The van der Waals surface area contributed by atoms with Crippen LogP contribution in [0.15, 0.2) is 78.9 Å². The molecule has 0 aromatic heterocycles. The van der Waals surface area contributed by atoms with Crippen LogP contribution in [0, 0.1) is 0 Å². The maximum Gasteiger partial charge on any atom is 0.416 e. The maximum atomic E-state index is 13.3. The molecule has 0 aliphatic carbocycles. The van der Waals surface area contributed by atoms with Gasteiger partial charge in [0.1, 0.15) is 0 Å². The first-order valence-corrected chi connectivity index (χ1v) is 16.1. The number of hydrogen-bond donors (Lipinski definition) is 1. The van der Waals surface area contributed by atoms with Gasteiger partial charge < -0.3 is 15.0 Å². The number of unbranched alkanes of at least 4 members (excludes halogenated alkanes) is 2. The fourth-order valence-corrected chi connectivity index (χ4v) is 6.11. The Morgan fingerprint density at radius 3 is 2.20 bits per heavy atom. The van der Waals surface area contributed by atoms with Gasteiger partial charge in [-0.3, -0.25) is 9.59 Å². The molecule has 242 valence electrons. The van der Waals surface area contributed by atoms with E-state index in [-0.39, 0.29) is 23.3 Å². The number of hydrogen-bond acceptors (Lipinski definition) is 4. The molecular weight excluding hydrogens is 577 g/mol. The Labute approximate surface area is 265 Å². The lowest BCUT2D eigenvalue weighted by molar-refractivity contribution is -0.145. The highest BCUT2D eigenvalue weighted by atomic mass is 19.4. The predicted octanol–water partition coefficient (Wildman–Crippen LogP) is 8.43. The van der Waals surface area contributed by atoms with Crippen molar-refractivity contribution in [3.63, 3.8) is 0 Å². The van der Waals surface area contributed by atoms with Crippen molar-refractivity contribution in [2.24, 2.45) is 0 Å². The highest BCUT2D eigenvalue weighted by molar-refractivity contribution is 6.01. The molecule has 1 N–H and O–H groups in total. The lowest BCUT2D eigenvalue weighted by Gasteiger charge is -2.34. The van der Waals surface area contributed by atoms with E-state index in [1.54, 1.807) is 24.3 Å². The van der Waals surface area contributed by atoms with Crippen LogP contribution in [0.4, 0.5) is 13.2 Å². The summed E-state index contributed by atoms with van der Waals surface area (Å²) in [4.78, 5) is 28.4. The zero-order valence-electron chi connectivity index (χ0n) is 26.4. The molecule has 0 spiro atoms. The summed E-state index contributed by atoms with van der Waals surface area (Å²) in [7, 11) is 0. The highest BCUT2D eigenvalue weighted by Crippen LogP contribution is 2.34. The molecule has 1 fully saturated rings. The quantitative estimate of drug-likeness (QED) is 0.145. The van der Waals surface area contributed by atoms with Crippen molar-refractivity contribution in [1.29, 1.82) is 0 Å². The van der Waals surface area contributed by atoms with Crippen LogP contribution in [0.2, 0.25) is 0 Å². The largest absolute Gasteiger partial charge is 0.466 e. The van der Waals surface area contributed by atoms with Gasteiger partial charge in [-0.15, -0.1) is 0 Å². The number of carbonyl (C=O) groups is 2. The van der Waals surface area contributed by atoms with Crippen LogP contribution in [0.1, 0.15) is 86.7 Å². The Kier molecular flexibility index (Phi) is 12.2. The molecule has 1 amide bonds. The van der Waals surface area contributed by atoms with Crippen LogP contribution in [0.25, 0.3) is 11.1 Å². The number of alkyl halides is 3. The van der Waals surface area contributed by atoms with E-state index in [0.717, 1.165) is 82.3 Å². The second-order valence-electron chi connectivity index (χ2n) is 12.3. The maximum absolute atomic E-state index is 13.3. The van der Waals surface area contributed by atoms with E-state index in [1.807, 2.05) is 18.2 Å². The average Bonchev–Trinajstić information content (AvgIpc) is 3.04. The van der Waals surface area contributed by atoms with Crippen molar-refractivity contribution in [2.75, 3.05) is 26.2 Å². The van der Waals surface area contributed by atoms with Crippen molar-refractivity contribution >= 4 is 11.9 Å². The second kappa shape index (κ2) is 16.1. The Bertz CT molecular complexity index is 1370. The van der Waals surface area contributed by atoms with E-state index in [2.05, 4.69) is 36.2 Å². The fourth-order valence-electron chi connectivity index (χ4n) is 6.11. The molecule has 8 heteroatoms. The van der Waals surface area contributed by atoms with E-state index in [4.69, 9.17) is 4.74 Å². The summed E-state index contributed by atoms with van der Waals surface area (Å²) in [6, 6.07) is 22.1. The molecular formula is C37H45F3N2O3. The van der Waals surface area contributed by atoms with Crippen LogP contribution in [0.5, 0.6) is 0 Å². The monoisotopic (exact) mass is 622 g/mol. The summed E-state index contributed by atoms with van der Waals surface area (Å²) in [5.74, 6) is -0.363. The number of ether oxygens (including phenoxy) is 1. The van der Waals surface area contributed by atoms with E-state index in [9.17, 15) is 22.8 Å². The van der Waals surface area contributed by atoms with Gasteiger partial charge in [-0.2, -0.15) is 13.2 Å². The summed E-state index contributed by atoms with van der Waals surface area (Å²) >= 11 is 0. The van der Waals surface area contributed by atoms with Crippen molar-refractivity contribution in [3.05, 3.63) is 95.6 Å². The molecule has 1 unspecified atom stereocenters.